The Bertz CT molecular complexity index is 460. The second kappa shape index (κ2) is 5.54. The van der Waals surface area contributed by atoms with Gasteiger partial charge in [0.25, 0.3) is 0 Å². The molecule has 4 N–H and O–H groups in total. The smallest absolute Gasteiger partial charge is 0.234 e. The van der Waals surface area contributed by atoms with Crippen LogP contribution in [0.15, 0.2) is 23.4 Å². The number of nitrogens with zero attached hydrogens (tertiary/aromatic N) is 1. The maximum absolute atomic E-state index is 11.7. The topological polar surface area (TPSA) is 87.7 Å². The van der Waals surface area contributed by atoms with E-state index in [9.17, 15) is 4.79 Å². The molecule has 0 saturated heterocycles. The van der Waals surface area contributed by atoms with Gasteiger partial charge in [-0.3, -0.25) is 4.79 Å². The molecule has 0 saturated carbocycles. The first-order valence-corrected chi connectivity index (χ1v) is 5.38. The van der Waals surface area contributed by atoms with Gasteiger partial charge in [0, 0.05) is 0 Å². The quantitative estimate of drug-likeness (QED) is 0.334. The molecule has 0 radical (unpaired) electrons. The van der Waals surface area contributed by atoms with Crippen LogP contribution in [0.3, 0.4) is 0 Å². The molecular weight excluding hydrogens is 242 g/mol. The van der Waals surface area contributed by atoms with Crippen LogP contribution in [-0.4, -0.2) is 17.0 Å². The molecule has 92 valence electrons. The van der Waals surface area contributed by atoms with Crippen LogP contribution >= 0.6 is 11.6 Å². The van der Waals surface area contributed by atoms with Crippen molar-refractivity contribution in [3.63, 3.8) is 0 Å². The number of nitrogens with one attached hydrogen (secondary N) is 1. The highest BCUT2D eigenvalue weighted by Crippen LogP contribution is 2.23. The highest BCUT2D eigenvalue weighted by molar-refractivity contribution is 6.33. The van der Waals surface area contributed by atoms with Gasteiger partial charge in [-0.1, -0.05) is 22.8 Å². The Balaban J connectivity index is 2.84. The average molecular weight is 256 g/mol. The van der Waals surface area contributed by atoms with Crippen LogP contribution < -0.4 is 11.1 Å². The lowest BCUT2D eigenvalue weighted by molar-refractivity contribution is -0.117. The van der Waals surface area contributed by atoms with E-state index in [0.717, 1.165) is 5.56 Å². The largest absolute Gasteiger partial charge is 0.409 e. The Morgan fingerprint density at radius 2 is 2.24 bits per heavy atom. The summed E-state index contributed by atoms with van der Waals surface area (Å²) in [6.45, 7) is 3.42. The first kappa shape index (κ1) is 13.3. The number of halogens is 1. The summed E-state index contributed by atoms with van der Waals surface area (Å²) in [5, 5.41) is 14.3. The number of carbonyl (C=O) groups is 1. The van der Waals surface area contributed by atoms with Crippen molar-refractivity contribution < 1.29 is 10.0 Å². The minimum Gasteiger partial charge on any atom is -0.409 e. The fourth-order valence-electron chi connectivity index (χ4n) is 1.20. The van der Waals surface area contributed by atoms with E-state index < -0.39 is 5.92 Å². The van der Waals surface area contributed by atoms with Gasteiger partial charge in [0.1, 0.15) is 0 Å². The molecule has 0 aliphatic rings. The van der Waals surface area contributed by atoms with E-state index in [2.05, 4.69) is 10.5 Å². The van der Waals surface area contributed by atoms with Crippen molar-refractivity contribution in [2.45, 2.75) is 13.8 Å². The van der Waals surface area contributed by atoms with Crippen molar-refractivity contribution in [1.29, 1.82) is 0 Å². The van der Waals surface area contributed by atoms with Crippen molar-refractivity contribution in [2.75, 3.05) is 5.32 Å². The zero-order valence-electron chi connectivity index (χ0n) is 9.57. The number of benzene rings is 1. The van der Waals surface area contributed by atoms with Gasteiger partial charge in [0.2, 0.25) is 5.91 Å². The summed E-state index contributed by atoms with van der Waals surface area (Å²) in [5.41, 5.74) is 6.83. The van der Waals surface area contributed by atoms with Crippen molar-refractivity contribution >= 4 is 29.0 Å². The Labute approximate surface area is 104 Å². The van der Waals surface area contributed by atoms with Crippen LogP contribution in [0.25, 0.3) is 0 Å². The van der Waals surface area contributed by atoms with Gasteiger partial charge in [0.05, 0.1) is 16.6 Å². The summed E-state index contributed by atoms with van der Waals surface area (Å²) in [5.74, 6) is -1.25. The van der Waals surface area contributed by atoms with Crippen LogP contribution in [0.4, 0.5) is 5.69 Å². The van der Waals surface area contributed by atoms with Crippen molar-refractivity contribution in [3.05, 3.63) is 28.8 Å². The lowest BCUT2D eigenvalue weighted by Gasteiger charge is -2.12. The number of amides is 1. The molecule has 1 rings (SSSR count). The minimum atomic E-state index is -0.725. The fourth-order valence-corrected chi connectivity index (χ4v) is 1.36. The van der Waals surface area contributed by atoms with Gasteiger partial charge in [-0.2, -0.15) is 0 Å². The molecule has 0 heterocycles. The monoisotopic (exact) mass is 255 g/mol. The van der Waals surface area contributed by atoms with E-state index in [1.807, 2.05) is 13.0 Å². The summed E-state index contributed by atoms with van der Waals surface area (Å²) in [6.07, 6.45) is 0. The molecule has 1 atom stereocenters. The molecule has 6 heteroatoms. The summed E-state index contributed by atoms with van der Waals surface area (Å²) >= 11 is 5.93. The molecule has 0 bridgehead atoms. The van der Waals surface area contributed by atoms with E-state index in [1.165, 1.54) is 6.92 Å². The molecule has 5 nitrogen and oxygen atoms in total. The van der Waals surface area contributed by atoms with E-state index in [4.69, 9.17) is 22.5 Å². The van der Waals surface area contributed by atoms with Gasteiger partial charge in [0.15, 0.2) is 5.84 Å². The number of oxime groups is 1. The fraction of sp³-hybridized carbons (Fsp3) is 0.273. The maximum Gasteiger partial charge on any atom is 0.234 e. The molecule has 0 aliphatic carbocycles. The molecule has 0 spiro atoms. The lowest BCUT2D eigenvalue weighted by Crippen LogP contribution is -2.32. The molecule has 1 aromatic carbocycles. The Kier molecular flexibility index (Phi) is 4.34. The van der Waals surface area contributed by atoms with E-state index in [0.29, 0.717) is 10.7 Å². The van der Waals surface area contributed by atoms with Crippen LogP contribution in [0.5, 0.6) is 0 Å². The van der Waals surface area contributed by atoms with Gasteiger partial charge < -0.3 is 16.3 Å². The number of nitrogens with two attached hydrogens (primary N) is 1. The van der Waals surface area contributed by atoms with Crippen LogP contribution in [0.1, 0.15) is 12.5 Å². The summed E-state index contributed by atoms with van der Waals surface area (Å²) < 4.78 is 0. The van der Waals surface area contributed by atoms with Gasteiger partial charge >= 0.3 is 0 Å². The standard InChI is InChI=1S/C11H14ClN3O2/c1-6-3-4-8(12)9(5-6)14-11(16)7(2)10(13)15-17/h3-5,7,17H,1-2H3,(H2,13,15)(H,14,16). The Morgan fingerprint density at radius 3 is 2.82 bits per heavy atom. The van der Waals surface area contributed by atoms with Crippen molar-refractivity contribution in [3.8, 4) is 0 Å². The number of hydrogen-bond donors (Lipinski definition) is 3. The summed E-state index contributed by atoms with van der Waals surface area (Å²) in [4.78, 5) is 11.7. The molecule has 0 aromatic heterocycles. The average Bonchev–Trinajstić information content (AvgIpc) is 2.31. The van der Waals surface area contributed by atoms with Crippen LogP contribution in [-0.2, 0) is 4.79 Å². The molecule has 17 heavy (non-hydrogen) atoms. The molecule has 1 aromatic rings. The van der Waals surface area contributed by atoms with Crippen LogP contribution in [0, 0.1) is 12.8 Å². The van der Waals surface area contributed by atoms with E-state index in [-0.39, 0.29) is 11.7 Å². The van der Waals surface area contributed by atoms with Gasteiger partial charge in [-0.15, -0.1) is 0 Å². The zero-order valence-corrected chi connectivity index (χ0v) is 10.3. The number of rotatable bonds is 3. The third-order valence-corrected chi connectivity index (χ3v) is 2.66. The number of aryl methyl sites for hydroxylation is 1. The summed E-state index contributed by atoms with van der Waals surface area (Å²) in [7, 11) is 0. The second-order valence-corrected chi connectivity index (χ2v) is 4.13. The number of anilines is 1. The van der Waals surface area contributed by atoms with Crippen LogP contribution in [0.2, 0.25) is 5.02 Å². The normalized spacial score (nSPS) is 13.2. The first-order chi connectivity index (χ1) is 7.95. The van der Waals surface area contributed by atoms with Crippen molar-refractivity contribution in [1.82, 2.24) is 0 Å². The highest BCUT2D eigenvalue weighted by Gasteiger charge is 2.18. The molecule has 1 amide bonds. The highest BCUT2D eigenvalue weighted by atomic mass is 35.5. The summed E-state index contributed by atoms with van der Waals surface area (Å²) in [6, 6.07) is 5.28. The minimum absolute atomic E-state index is 0.147. The molecule has 0 fully saturated rings. The Morgan fingerprint density at radius 1 is 1.59 bits per heavy atom. The lowest BCUT2D eigenvalue weighted by atomic mass is 10.1. The van der Waals surface area contributed by atoms with Gasteiger partial charge in [-0.05, 0) is 31.5 Å². The third-order valence-electron chi connectivity index (χ3n) is 2.33. The molecular formula is C11H14ClN3O2. The number of hydrogen-bond acceptors (Lipinski definition) is 3. The van der Waals surface area contributed by atoms with E-state index in [1.54, 1.807) is 12.1 Å². The predicted octanol–water partition coefficient (Wildman–Crippen LogP) is 1.97. The number of carbonyl (C=O) groups excluding carboxylic acids is 1. The molecule has 1 unspecified atom stereocenters. The second-order valence-electron chi connectivity index (χ2n) is 3.72. The zero-order chi connectivity index (χ0) is 13.0. The third kappa shape index (κ3) is 3.35. The maximum atomic E-state index is 11.7. The SMILES string of the molecule is Cc1ccc(Cl)c(NC(=O)C(C)/C(N)=N/O)c1. The first-order valence-electron chi connectivity index (χ1n) is 5.00. The number of amidine groups is 1. The van der Waals surface area contributed by atoms with Gasteiger partial charge in [-0.25, -0.2) is 0 Å². The van der Waals surface area contributed by atoms with Crippen molar-refractivity contribution in [2.24, 2.45) is 16.8 Å². The van der Waals surface area contributed by atoms with E-state index >= 15 is 0 Å². The molecule has 0 aliphatic heterocycles. The predicted molar refractivity (Wildman–Crippen MR) is 67.4 cm³/mol. The Hall–Kier alpha value is -1.75.